The molecule has 18 heavy (non-hydrogen) atoms. The van der Waals surface area contributed by atoms with Crippen molar-refractivity contribution in [2.24, 2.45) is 11.8 Å². The molecule has 104 valence electrons. The van der Waals surface area contributed by atoms with E-state index in [1.807, 2.05) is 0 Å². The number of amides is 1. The SMILES string of the molecule is CC(=O)C(CC(=O)O)NC(=O)CCC(C)C(C)C. The summed E-state index contributed by atoms with van der Waals surface area (Å²) < 4.78 is 0. The number of Topliss-reactive ketones (excluding diaryl/α,β-unsaturated/α-hetero) is 1. The Hall–Kier alpha value is -1.39. The summed E-state index contributed by atoms with van der Waals surface area (Å²) in [7, 11) is 0. The van der Waals surface area contributed by atoms with Crippen LogP contribution < -0.4 is 5.32 Å². The van der Waals surface area contributed by atoms with Crippen molar-refractivity contribution in [3.63, 3.8) is 0 Å². The second kappa shape index (κ2) is 7.84. The van der Waals surface area contributed by atoms with Gasteiger partial charge in [-0.15, -0.1) is 0 Å². The molecule has 0 aliphatic carbocycles. The first-order chi connectivity index (χ1) is 8.23. The first-order valence-electron chi connectivity index (χ1n) is 6.25. The molecular formula is C13H23NO4. The standard InChI is InChI=1S/C13H23NO4/c1-8(2)9(3)5-6-12(16)14-11(10(4)15)7-13(17)18/h8-9,11H,5-7H2,1-4H3,(H,14,16)(H,17,18). The van der Waals surface area contributed by atoms with Crippen molar-refractivity contribution in [1.29, 1.82) is 0 Å². The lowest BCUT2D eigenvalue weighted by atomic mass is 9.93. The summed E-state index contributed by atoms with van der Waals surface area (Å²) in [5.41, 5.74) is 0. The molecule has 0 aromatic rings. The van der Waals surface area contributed by atoms with Gasteiger partial charge in [0.15, 0.2) is 5.78 Å². The van der Waals surface area contributed by atoms with Crippen LogP contribution >= 0.6 is 0 Å². The van der Waals surface area contributed by atoms with Gasteiger partial charge in [0.05, 0.1) is 12.5 Å². The van der Waals surface area contributed by atoms with Crippen LogP contribution in [0.3, 0.4) is 0 Å². The summed E-state index contributed by atoms with van der Waals surface area (Å²) in [6.07, 6.45) is 0.699. The molecule has 5 nitrogen and oxygen atoms in total. The van der Waals surface area contributed by atoms with E-state index < -0.39 is 12.0 Å². The van der Waals surface area contributed by atoms with Crippen molar-refractivity contribution in [3.8, 4) is 0 Å². The number of carbonyl (C=O) groups is 3. The highest BCUT2D eigenvalue weighted by Crippen LogP contribution is 2.15. The summed E-state index contributed by atoms with van der Waals surface area (Å²) in [5.74, 6) is -0.760. The molecule has 0 saturated carbocycles. The van der Waals surface area contributed by atoms with E-state index in [-0.39, 0.29) is 18.1 Å². The van der Waals surface area contributed by atoms with Crippen LogP contribution in [0.4, 0.5) is 0 Å². The molecule has 0 radical (unpaired) electrons. The Labute approximate surface area is 108 Å². The fourth-order valence-corrected chi connectivity index (χ4v) is 1.43. The third-order valence-electron chi connectivity index (χ3n) is 3.17. The van der Waals surface area contributed by atoms with Crippen molar-refractivity contribution in [3.05, 3.63) is 0 Å². The average molecular weight is 257 g/mol. The maximum Gasteiger partial charge on any atom is 0.305 e. The highest BCUT2D eigenvalue weighted by molar-refractivity contribution is 5.90. The van der Waals surface area contributed by atoms with Gasteiger partial charge in [0.2, 0.25) is 5.91 Å². The van der Waals surface area contributed by atoms with E-state index in [0.717, 1.165) is 6.42 Å². The van der Waals surface area contributed by atoms with Gasteiger partial charge in [-0.1, -0.05) is 20.8 Å². The van der Waals surface area contributed by atoms with Crippen molar-refractivity contribution in [2.45, 2.75) is 53.0 Å². The van der Waals surface area contributed by atoms with Gasteiger partial charge in [-0.3, -0.25) is 14.4 Å². The van der Waals surface area contributed by atoms with Gasteiger partial charge in [-0.2, -0.15) is 0 Å². The van der Waals surface area contributed by atoms with Crippen LogP contribution in [0.15, 0.2) is 0 Å². The molecule has 0 rings (SSSR count). The molecule has 0 aliphatic rings. The lowest BCUT2D eigenvalue weighted by Gasteiger charge is -2.17. The topological polar surface area (TPSA) is 83.5 Å². The summed E-state index contributed by atoms with van der Waals surface area (Å²) in [6.45, 7) is 7.53. The number of aliphatic carboxylic acids is 1. The van der Waals surface area contributed by atoms with Crippen LogP contribution in [0.1, 0.15) is 47.0 Å². The van der Waals surface area contributed by atoms with Gasteiger partial charge in [0, 0.05) is 6.42 Å². The van der Waals surface area contributed by atoms with E-state index >= 15 is 0 Å². The number of hydrogen-bond acceptors (Lipinski definition) is 3. The Bertz CT molecular complexity index is 312. The van der Waals surface area contributed by atoms with Gasteiger partial charge in [-0.05, 0) is 25.2 Å². The molecular weight excluding hydrogens is 234 g/mol. The van der Waals surface area contributed by atoms with Crippen molar-refractivity contribution < 1.29 is 19.5 Å². The fraction of sp³-hybridized carbons (Fsp3) is 0.769. The molecule has 0 bridgehead atoms. The average Bonchev–Trinajstić information content (AvgIpc) is 2.23. The number of rotatable bonds is 8. The minimum absolute atomic E-state index is 0.260. The summed E-state index contributed by atoms with van der Waals surface area (Å²) >= 11 is 0. The maximum absolute atomic E-state index is 11.6. The molecule has 0 saturated heterocycles. The smallest absolute Gasteiger partial charge is 0.305 e. The minimum atomic E-state index is -1.09. The molecule has 0 heterocycles. The van der Waals surface area contributed by atoms with E-state index in [2.05, 4.69) is 26.1 Å². The van der Waals surface area contributed by atoms with Crippen LogP contribution in [0.2, 0.25) is 0 Å². The Balaban J connectivity index is 4.18. The predicted octanol–water partition coefficient (Wildman–Crippen LogP) is 1.61. The lowest BCUT2D eigenvalue weighted by Crippen LogP contribution is -2.41. The van der Waals surface area contributed by atoms with Crippen molar-refractivity contribution >= 4 is 17.7 Å². The normalized spacial score (nSPS) is 14.1. The number of carboxylic acids is 1. The van der Waals surface area contributed by atoms with Crippen molar-refractivity contribution in [1.82, 2.24) is 5.32 Å². The lowest BCUT2D eigenvalue weighted by molar-refractivity contribution is -0.139. The largest absolute Gasteiger partial charge is 0.481 e. The number of carboxylic acid groups (broad SMARTS) is 1. The van der Waals surface area contributed by atoms with Crippen LogP contribution in [0, 0.1) is 11.8 Å². The zero-order valence-corrected chi connectivity index (χ0v) is 11.5. The number of hydrogen-bond donors (Lipinski definition) is 2. The van der Waals surface area contributed by atoms with Crippen LogP contribution in [-0.4, -0.2) is 28.8 Å². The van der Waals surface area contributed by atoms with E-state index in [1.165, 1.54) is 6.92 Å². The molecule has 2 N–H and O–H groups in total. The molecule has 0 fully saturated rings. The highest BCUT2D eigenvalue weighted by Gasteiger charge is 2.20. The molecule has 0 spiro atoms. The summed E-state index contributed by atoms with van der Waals surface area (Å²) in [4.78, 5) is 33.3. The predicted molar refractivity (Wildman–Crippen MR) is 68.1 cm³/mol. The first-order valence-corrected chi connectivity index (χ1v) is 6.25. The molecule has 0 aromatic carbocycles. The third-order valence-corrected chi connectivity index (χ3v) is 3.17. The van der Waals surface area contributed by atoms with Crippen LogP contribution in [0.5, 0.6) is 0 Å². The number of ketones is 1. The quantitative estimate of drug-likeness (QED) is 0.692. The minimum Gasteiger partial charge on any atom is -0.481 e. The van der Waals surface area contributed by atoms with E-state index in [4.69, 9.17) is 5.11 Å². The molecule has 1 amide bonds. The van der Waals surface area contributed by atoms with Gasteiger partial charge in [0.25, 0.3) is 0 Å². The second-order valence-electron chi connectivity index (χ2n) is 5.09. The highest BCUT2D eigenvalue weighted by atomic mass is 16.4. The van der Waals surface area contributed by atoms with Gasteiger partial charge in [0.1, 0.15) is 0 Å². The fourth-order valence-electron chi connectivity index (χ4n) is 1.43. The van der Waals surface area contributed by atoms with Crippen LogP contribution in [0.25, 0.3) is 0 Å². The first kappa shape index (κ1) is 16.6. The molecule has 5 heteroatoms. The summed E-state index contributed by atoms with van der Waals surface area (Å²) in [5, 5.41) is 11.1. The Kier molecular flexibility index (Phi) is 7.24. The number of nitrogens with one attached hydrogen (secondary N) is 1. The number of carbonyl (C=O) groups excluding carboxylic acids is 2. The Morgan fingerprint density at radius 1 is 1.17 bits per heavy atom. The van der Waals surface area contributed by atoms with Crippen molar-refractivity contribution in [2.75, 3.05) is 0 Å². The molecule has 0 aliphatic heterocycles. The Morgan fingerprint density at radius 3 is 2.11 bits per heavy atom. The van der Waals surface area contributed by atoms with Gasteiger partial charge >= 0.3 is 5.97 Å². The maximum atomic E-state index is 11.6. The zero-order chi connectivity index (χ0) is 14.3. The zero-order valence-electron chi connectivity index (χ0n) is 11.5. The molecule has 2 unspecified atom stereocenters. The monoisotopic (exact) mass is 257 g/mol. The van der Waals surface area contributed by atoms with E-state index in [9.17, 15) is 14.4 Å². The second-order valence-corrected chi connectivity index (χ2v) is 5.09. The van der Waals surface area contributed by atoms with Gasteiger partial charge < -0.3 is 10.4 Å². The Morgan fingerprint density at radius 2 is 1.72 bits per heavy atom. The molecule has 0 aromatic heterocycles. The van der Waals surface area contributed by atoms with Gasteiger partial charge in [-0.25, -0.2) is 0 Å². The van der Waals surface area contributed by atoms with E-state index in [0.29, 0.717) is 18.3 Å². The van der Waals surface area contributed by atoms with Crippen LogP contribution in [-0.2, 0) is 14.4 Å². The molecule has 2 atom stereocenters. The summed E-state index contributed by atoms with van der Waals surface area (Å²) in [6, 6.07) is -0.913. The third kappa shape index (κ3) is 7.04. The van der Waals surface area contributed by atoms with E-state index in [1.54, 1.807) is 0 Å².